The van der Waals surface area contributed by atoms with Gasteiger partial charge in [0.25, 0.3) is 0 Å². The molecule has 60 valence electrons. The summed E-state index contributed by atoms with van der Waals surface area (Å²) in [4.78, 5) is 0. The summed E-state index contributed by atoms with van der Waals surface area (Å²) in [5.74, 6) is 0.0399. The first kappa shape index (κ1) is 7.97. The normalized spacial score (nSPS) is 31.9. The average Bonchev–Trinajstić information content (AvgIpc) is 1.87. The van der Waals surface area contributed by atoms with E-state index in [9.17, 15) is 8.42 Å². The number of aliphatic hydroxyl groups excluding tert-OH is 1. The largest absolute Gasteiger partial charge is 0.395 e. The van der Waals surface area contributed by atoms with Crippen molar-refractivity contribution in [1.82, 2.24) is 0 Å². The molecule has 1 rings (SSSR count). The number of hydrogen-bond acceptors (Lipinski definition) is 4. The van der Waals surface area contributed by atoms with Gasteiger partial charge in [0.05, 0.1) is 25.6 Å². The Morgan fingerprint density at radius 2 is 2.30 bits per heavy atom. The first-order valence-corrected chi connectivity index (χ1v) is 4.78. The van der Waals surface area contributed by atoms with E-state index in [-0.39, 0.29) is 25.6 Å². The molecule has 5 heteroatoms. The van der Waals surface area contributed by atoms with Gasteiger partial charge in [0.2, 0.25) is 0 Å². The molecule has 1 heterocycles. The molecule has 1 aliphatic heterocycles. The molecule has 0 amide bonds. The van der Waals surface area contributed by atoms with Crippen LogP contribution >= 0.6 is 0 Å². The SMILES string of the molecule is O=S1(=O)CCOCC1CO. The van der Waals surface area contributed by atoms with Gasteiger partial charge in [0, 0.05) is 0 Å². The first-order chi connectivity index (χ1) is 4.67. The maximum absolute atomic E-state index is 11.0. The van der Waals surface area contributed by atoms with Crippen LogP contribution in [0.4, 0.5) is 0 Å². The monoisotopic (exact) mass is 166 g/mol. The second kappa shape index (κ2) is 2.86. The highest BCUT2D eigenvalue weighted by Gasteiger charge is 2.28. The van der Waals surface area contributed by atoms with Gasteiger partial charge in [-0.1, -0.05) is 0 Å². The van der Waals surface area contributed by atoms with Crippen LogP contribution in [0.3, 0.4) is 0 Å². The predicted octanol–water partition coefficient (Wildman–Crippen LogP) is -1.21. The Labute approximate surface area is 59.7 Å². The van der Waals surface area contributed by atoms with E-state index < -0.39 is 15.1 Å². The zero-order valence-corrected chi connectivity index (χ0v) is 6.30. The molecule has 10 heavy (non-hydrogen) atoms. The van der Waals surface area contributed by atoms with Crippen LogP contribution in [0.1, 0.15) is 0 Å². The Balaban J connectivity index is 2.70. The third kappa shape index (κ3) is 1.47. The zero-order valence-electron chi connectivity index (χ0n) is 5.49. The molecule has 0 bridgehead atoms. The molecule has 0 aromatic heterocycles. The maximum Gasteiger partial charge on any atom is 0.159 e. The van der Waals surface area contributed by atoms with Crippen molar-refractivity contribution in [2.45, 2.75) is 5.25 Å². The van der Waals surface area contributed by atoms with Gasteiger partial charge >= 0.3 is 0 Å². The first-order valence-electron chi connectivity index (χ1n) is 3.07. The molecular formula is C5H10O4S. The van der Waals surface area contributed by atoms with Crippen molar-refractivity contribution >= 4 is 9.84 Å². The minimum Gasteiger partial charge on any atom is -0.395 e. The van der Waals surface area contributed by atoms with Crippen LogP contribution in [0.25, 0.3) is 0 Å². The van der Waals surface area contributed by atoms with Gasteiger partial charge in [0.1, 0.15) is 5.25 Å². The van der Waals surface area contributed by atoms with Gasteiger partial charge in [-0.25, -0.2) is 8.42 Å². The Morgan fingerprint density at radius 1 is 1.60 bits per heavy atom. The number of sulfone groups is 1. The highest BCUT2D eigenvalue weighted by atomic mass is 32.2. The summed E-state index contributed by atoms with van der Waals surface area (Å²) in [7, 11) is -3.05. The Kier molecular flexibility index (Phi) is 2.28. The van der Waals surface area contributed by atoms with Crippen LogP contribution in [0.2, 0.25) is 0 Å². The third-order valence-electron chi connectivity index (χ3n) is 1.53. The van der Waals surface area contributed by atoms with Gasteiger partial charge in [-0.2, -0.15) is 0 Å². The molecule has 1 fully saturated rings. The number of aliphatic hydroxyl groups is 1. The lowest BCUT2D eigenvalue weighted by Gasteiger charge is -2.20. The molecule has 1 unspecified atom stereocenters. The van der Waals surface area contributed by atoms with Crippen LogP contribution in [-0.4, -0.2) is 44.3 Å². The molecule has 0 radical (unpaired) electrons. The smallest absolute Gasteiger partial charge is 0.159 e. The van der Waals surface area contributed by atoms with E-state index in [0.29, 0.717) is 0 Å². The van der Waals surface area contributed by atoms with Crippen molar-refractivity contribution < 1.29 is 18.3 Å². The number of hydrogen-bond donors (Lipinski definition) is 1. The molecule has 1 saturated heterocycles. The summed E-state index contributed by atoms with van der Waals surface area (Å²) in [6.07, 6.45) is 0. The van der Waals surface area contributed by atoms with Crippen molar-refractivity contribution in [2.75, 3.05) is 25.6 Å². The maximum atomic E-state index is 11.0. The summed E-state index contributed by atoms with van der Waals surface area (Å²) in [5, 5.41) is 7.87. The second-order valence-electron chi connectivity index (χ2n) is 2.25. The molecule has 0 aromatic rings. The molecule has 0 spiro atoms. The van der Waals surface area contributed by atoms with E-state index in [0.717, 1.165) is 0 Å². The van der Waals surface area contributed by atoms with Crippen molar-refractivity contribution in [3.63, 3.8) is 0 Å². The van der Waals surface area contributed by atoms with Crippen molar-refractivity contribution in [3.05, 3.63) is 0 Å². The van der Waals surface area contributed by atoms with Gasteiger partial charge in [0.15, 0.2) is 9.84 Å². The lowest BCUT2D eigenvalue weighted by molar-refractivity contribution is 0.119. The summed E-state index contributed by atoms with van der Waals surface area (Å²) in [6.45, 7) is 0.0694. The minimum absolute atomic E-state index is 0.0399. The summed E-state index contributed by atoms with van der Waals surface area (Å²) >= 11 is 0. The van der Waals surface area contributed by atoms with E-state index in [1.807, 2.05) is 0 Å². The van der Waals surface area contributed by atoms with Gasteiger partial charge < -0.3 is 9.84 Å². The fourth-order valence-electron chi connectivity index (χ4n) is 0.826. The summed E-state index contributed by atoms with van der Waals surface area (Å²) in [6, 6.07) is 0. The number of rotatable bonds is 1. The lowest BCUT2D eigenvalue weighted by atomic mass is 10.5. The van der Waals surface area contributed by atoms with Crippen molar-refractivity contribution in [3.8, 4) is 0 Å². The van der Waals surface area contributed by atoms with Crippen molar-refractivity contribution in [1.29, 1.82) is 0 Å². The van der Waals surface area contributed by atoms with Crippen molar-refractivity contribution in [2.24, 2.45) is 0 Å². The minimum atomic E-state index is -3.05. The Bertz CT molecular complexity index is 196. The van der Waals surface area contributed by atoms with Crippen LogP contribution in [0, 0.1) is 0 Å². The molecule has 0 aliphatic carbocycles. The topological polar surface area (TPSA) is 63.6 Å². The average molecular weight is 166 g/mol. The number of ether oxygens (including phenoxy) is 1. The van der Waals surface area contributed by atoms with Gasteiger partial charge in [-0.05, 0) is 0 Å². The van der Waals surface area contributed by atoms with Crippen LogP contribution in [0.15, 0.2) is 0 Å². The van der Waals surface area contributed by atoms with E-state index in [1.165, 1.54) is 0 Å². The van der Waals surface area contributed by atoms with E-state index >= 15 is 0 Å². The molecular weight excluding hydrogens is 156 g/mol. The van der Waals surface area contributed by atoms with E-state index in [2.05, 4.69) is 0 Å². The Morgan fingerprint density at radius 3 is 2.70 bits per heavy atom. The van der Waals surface area contributed by atoms with Gasteiger partial charge in [-0.3, -0.25) is 0 Å². The molecule has 1 aliphatic rings. The van der Waals surface area contributed by atoms with Gasteiger partial charge in [-0.15, -0.1) is 0 Å². The molecule has 1 N–H and O–H groups in total. The highest BCUT2D eigenvalue weighted by Crippen LogP contribution is 2.07. The quantitative estimate of drug-likeness (QED) is 0.531. The zero-order chi connectivity index (χ0) is 7.61. The highest BCUT2D eigenvalue weighted by molar-refractivity contribution is 7.92. The Hall–Kier alpha value is -0.130. The summed E-state index contributed by atoms with van der Waals surface area (Å²) in [5.41, 5.74) is 0. The van der Waals surface area contributed by atoms with Crippen LogP contribution < -0.4 is 0 Å². The predicted molar refractivity (Wildman–Crippen MR) is 35.5 cm³/mol. The molecule has 0 aromatic carbocycles. The third-order valence-corrected chi connectivity index (χ3v) is 3.56. The van der Waals surface area contributed by atoms with E-state index in [4.69, 9.17) is 9.84 Å². The van der Waals surface area contributed by atoms with Crippen LogP contribution in [0.5, 0.6) is 0 Å². The molecule has 4 nitrogen and oxygen atoms in total. The second-order valence-corrected chi connectivity index (χ2v) is 4.65. The fourth-order valence-corrected chi connectivity index (χ4v) is 2.04. The van der Waals surface area contributed by atoms with Crippen LogP contribution in [-0.2, 0) is 14.6 Å². The molecule has 0 saturated carbocycles. The molecule has 1 atom stereocenters. The lowest BCUT2D eigenvalue weighted by Crippen LogP contribution is -2.38. The fraction of sp³-hybridized carbons (Fsp3) is 1.00. The van der Waals surface area contributed by atoms with E-state index in [1.54, 1.807) is 0 Å². The summed E-state index contributed by atoms with van der Waals surface area (Å²) < 4.78 is 26.8. The standard InChI is InChI=1S/C5H10O4S/c6-3-5-4-9-1-2-10(5,7)8/h5-6H,1-4H2.